The quantitative estimate of drug-likeness (QED) is 0.444. The van der Waals surface area contributed by atoms with Crippen molar-refractivity contribution < 1.29 is 35.9 Å². The van der Waals surface area contributed by atoms with Crippen LogP contribution in [-0.4, -0.2) is 42.9 Å². The molecule has 0 spiro atoms. The van der Waals surface area contributed by atoms with Crippen LogP contribution in [0.15, 0.2) is 35.2 Å². The lowest BCUT2D eigenvalue weighted by molar-refractivity contribution is -0.137. The fourth-order valence-electron chi connectivity index (χ4n) is 3.20. The summed E-state index contributed by atoms with van der Waals surface area (Å²) in [5.74, 6) is -2.22. The Morgan fingerprint density at radius 2 is 1.81 bits per heavy atom. The van der Waals surface area contributed by atoms with Gasteiger partial charge in [-0.2, -0.15) is 17.5 Å². The molecule has 1 fully saturated rings. The zero-order valence-corrected chi connectivity index (χ0v) is 17.9. The number of benzene rings is 2. The van der Waals surface area contributed by atoms with Gasteiger partial charge in [-0.1, -0.05) is 11.6 Å². The summed E-state index contributed by atoms with van der Waals surface area (Å²) in [7, 11) is -4.35. The second-order valence-electron chi connectivity index (χ2n) is 7.15. The summed E-state index contributed by atoms with van der Waals surface area (Å²) in [5, 5.41) is 11.2. The summed E-state index contributed by atoms with van der Waals surface area (Å²) in [6.45, 7) is -0.0837. The zero-order valence-electron chi connectivity index (χ0n) is 16.3. The Hall–Kier alpha value is -2.41. The molecule has 1 amide bonds. The van der Waals surface area contributed by atoms with Gasteiger partial charge in [-0.3, -0.25) is 4.79 Å². The minimum Gasteiger partial charge on any atom is -0.398 e. The summed E-state index contributed by atoms with van der Waals surface area (Å²) in [5.41, 5.74) is 3.37. The van der Waals surface area contributed by atoms with Gasteiger partial charge in [0.2, 0.25) is 10.0 Å². The standard InChI is InChI=1S/C19H18ClF4N3O4S/c20-14-2-1-10(7-13(14)19(22,23)24)26-18(29)12-8-17(15(21)9-16(12)25)32(30,31)27-5-3-11(28)4-6-27/h1-2,7-9,11,28H,3-6,25H2,(H,26,29). The Morgan fingerprint density at radius 3 is 2.41 bits per heavy atom. The number of nitrogen functional groups attached to an aromatic ring is 1. The van der Waals surface area contributed by atoms with Gasteiger partial charge < -0.3 is 16.2 Å². The number of anilines is 2. The lowest BCUT2D eigenvalue weighted by atomic mass is 10.1. The van der Waals surface area contributed by atoms with Gasteiger partial charge in [-0.15, -0.1) is 0 Å². The first-order valence-electron chi connectivity index (χ1n) is 9.26. The fraction of sp³-hybridized carbons (Fsp3) is 0.316. The molecule has 0 atom stereocenters. The van der Waals surface area contributed by atoms with Gasteiger partial charge in [0.1, 0.15) is 10.7 Å². The Kier molecular flexibility index (Phi) is 6.70. The highest BCUT2D eigenvalue weighted by molar-refractivity contribution is 7.89. The van der Waals surface area contributed by atoms with E-state index < -0.39 is 60.8 Å². The molecule has 2 aromatic carbocycles. The Morgan fingerprint density at radius 1 is 1.19 bits per heavy atom. The first-order valence-corrected chi connectivity index (χ1v) is 11.1. The molecule has 13 heteroatoms. The van der Waals surface area contributed by atoms with Crippen molar-refractivity contribution in [3.8, 4) is 0 Å². The summed E-state index contributed by atoms with van der Waals surface area (Å²) in [6, 6.07) is 4.06. The van der Waals surface area contributed by atoms with E-state index in [4.69, 9.17) is 17.3 Å². The highest BCUT2D eigenvalue weighted by atomic mass is 35.5. The molecule has 0 unspecified atom stereocenters. The maximum Gasteiger partial charge on any atom is 0.417 e. The molecule has 0 bridgehead atoms. The molecule has 32 heavy (non-hydrogen) atoms. The molecule has 3 rings (SSSR count). The monoisotopic (exact) mass is 495 g/mol. The second kappa shape index (κ2) is 8.85. The molecule has 1 heterocycles. The van der Waals surface area contributed by atoms with Crippen molar-refractivity contribution in [1.29, 1.82) is 0 Å². The number of hydrogen-bond acceptors (Lipinski definition) is 5. The number of carbonyl (C=O) groups excluding carboxylic acids is 1. The predicted octanol–water partition coefficient (Wildman–Crippen LogP) is 3.48. The van der Waals surface area contributed by atoms with Crippen LogP contribution in [0.25, 0.3) is 0 Å². The smallest absolute Gasteiger partial charge is 0.398 e. The molecule has 0 saturated carbocycles. The highest BCUT2D eigenvalue weighted by Gasteiger charge is 2.34. The van der Waals surface area contributed by atoms with Crippen molar-refractivity contribution >= 4 is 38.9 Å². The number of nitrogens with two attached hydrogens (primary N) is 1. The van der Waals surface area contributed by atoms with Gasteiger partial charge in [0.05, 0.1) is 22.3 Å². The van der Waals surface area contributed by atoms with E-state index in [-0.39, 0.29) is 31.6 Å². The average molecular weight is 496 g/mol. The molecule has 0 aliphatic carbocycles. The summed E-state index contributed by atoms with van der Waals surface area (Å²) < 4.78 is 80.2. The van der Waals surface area contributed by atoms with E-state index in [9.17, 15) is 35.9 Å². The fourth-order valence-corrected chi connectivity index (χ4v) is 4.97. The number of alkyl halides is 3. The highest BCUT2D eigenvalue weighted by Crippen LogP contribution is 2.36. The minimum absolute atomic E-state index is 0.0418. The number of nitrogens with zero attached hydrogens (tertiary/aromatic N) is 1. The van der Waals surface area contributed by atoms with Crippen LogP contribution in [0.1, 0.15) is 28.8 Å². The molecule has 2 aromatic rings. The molecule has 7 nitrogen and oxygen atoms in total. The molecule has 1 saturated heterocycles. The van der Waals surface area contributed by atoms with E-state index in [1.54, 1.807) is 0 Å². The number of hydrogen-bond donors (Lipinski definition) is 3. The van der Waals surface area contributed by atoms with Crippen molar-refractivity contribution in [2.45, 2.75) is 30.0 Å². The van der Waals surface area contributed by atoms with E-state index in [1.807, 2.05) is 0 Å². The summed E-state index contributed by atoms with van der Waals surface area (Å²) in [6.07, 6.45) is -5.10. The van der Waals surface area contributed by atoms with Gasteiger partial charge in [0.15, 0.2) is 0 Å². The molecule has 174 valence electrons. The van der Waals surface area contributed by atoms with Crippen molar-refractivity contribution in [1.82, 2.24) is 4.31 Å². The lowest BCUT2D eigenvalue weighted by Crippen LogP contribution is -2.40. The van der Waals surface area contributed by atoms with E-state index >= 15 is 0 Å². The number of amides is 1. The molecular formula is C19H18ClF4N3O4S. The van der Waals surface area contributed by atoms with Crippen molar-refractivity contribution in [3.05, 3.63) is 52.3 Å². The van der Waals surface area contributed by atoms with Crippen molar-refractivity contribution in [2.24, 2.45) is 0 Å². The van der Waals surface area contributed by atoms with Crippen LogP contribution < -0.4 is 11.1 Å². The molecule has 0 aromatic heterocycles. The maximum atomic E-state index is 14.5. The van der Waals surface area contributed by atoms with Gasteiger partial charge in [-0.25, -0.2) is 12.8 Å². The van der Waals surface area contributed by atoms with Crippen LogP contribution in [-0.2, 0) is 16.2 Å². The largest absolute Gasteiger partial charge is 0.417 e. The Balaban J connectivity index is 1.93. The SMILES string of the molecule is Nc1cc(F)c(S(=O)(=O)N2CCC(O)CC2)cc1C(=O)Nc1ccc(Cl)c(C(F)(F)F)c1. The molecule has 1 aliphatic heterocycles. The summed E-state index contributed by atoms with van der Waals surface area (Å²) in [4.78, 5) is 11.8. The van der Waals surface area contributed by atoms with E-state index in [0.29, 0.717) is 12.1 Å². The number of sulfonamides is 1. The van der Waals surface area contributed by atoms with Gasteiger partial charge in [0.25, 0.3) is 5.91 Å². The van der Waals surface area contributed by atoms with E-state index in [0.717, 1.165) is 22.5 Å². The van der Waals surface area contributed by atoms with Crippen LogP contribution in [0, 0.1) is 5.82 Å². The molecule has 1 aliphatic rings. The number of aliphatic hydroxyl groups excluding tert-OH is 1. The third kappa shape index (κ3) is 4.98. The lowest BCUT2D eigenvalue weighted by Gasteiger charge is -2.29. The van der Waals surface area contributed by atoms with Gasteiger partial charge in [-0.05, 0) is 43.2 Å². The normalized spacial score (nSPS) is 16.2. The average Bonchev–Trinajstić information content (AvgIpc) is 2.68. The molecular weight excluding hydrogens is 478 g/mol. The van der Waals surface area contributed by atoms with Crippen LogP contribution in [0.4, 0.5) is 28.9 Å². The van der Waals surface area contributed by atoms with E-state index in [1.165, 1.54) is 0 Å². The predicted molar refractivity (Wildman–Crippen MR) is 109 cm³/mol. The molecule has 4 N–H and O–H groups in total. The van der Waals surface area contributed by atoms with Crippen LogP contribution >= 0.6 is 11.6 Å². The third-order valence-electron chi connectivity index (χ3n) is 4.92. The maximum absolute atomic E-state index is 14.5. The first kappa shape index (κ1) is 24.2. The number of piperidine rings is 1. The number of nitrogens with one attached hydrogen (secondary N) is 1. The number of carbonyl (C=O) groups is 1. The van der Waals surface area contributed by atoms with Crippen LogP contribution in [0.5, 0.6) is 0 Å². The number of aliphatic hydroxyl groups is 1. The Bertz CT molecular complexity index is 1150. The van der Waals surface area contributed by atoms with Gasteiger partial charge in [0, 0.05) is 24.5 Å². The number of halogens is 5. The van der Waals surface area contributed by atoms with Crippen LogP contribution in [0.3, 0.4) is 0 Å². The second-order valence-corrected chi connectivity index (χ2v) is 9.47. The third-order valence-corrected chi connectivity index (χ3v) is 7.16. The minimum atomic E-state index is -4.77. The first-order chi connectivity index (χ1) is 14.8. The van der Waals surface area contributed by atoms with Crippen molar-refractivity contribution in [3.63, 3.8) is 0 Å². The topological polar surface area (TPSA) is 113 Å². The molecule has 0 radical (unpaired) electrons. The van der Waals surface area contributed by atoms with Crippen molar-refractivity contribution in [2.75, 3.05) is 24.1 Å². The number of rotatable bonds is 4. The zero-order chi connectivity index (χ0) is 23.8. The Labute approximate surface area is 185 Å². The van der Waals surface area contributed by atoms with E-state index in [2.05, 4.69) is 5.32 Å². The van der Waals surface area contributed by atoms with Crippen LogP contribution in [0.2, 0.25) is 5.02 Å². The van der Waals surface area contributed by atoms with Gasteiger partial charge >= 0.3 is 6.18 Å². The summed E-state index contributed by atoms with van der Waals surface area (Å²) >= 11 is 5.55.